The lowest BCUT2D eigenvalue weighted by Gasteiger charge is -2.18. The number of hydrogen-bond donors (Lipinski definition) is 0. The highest BCUT2D eigenvalue weighted by Gasteiger charge is 2.24. The maximum atomic E-state index is 5.77. The Morgan fingerprint density at radius 3 is 2.70 bits per heavy atom. The molecule has 2 heterocycles. The van der Waals surface area contributed by atoms with Gasteiger partial charge in [0.25, 0.3) is 0 Å². The van der Waals surface area contributed by atoms with Crippen molar-refractivity contribution in [3.05, 3.63) is 72.4 Å². The quantitative estimate of drug-likeness (QED) is 0.534. The summed E-state index contributed by atoms with van der Waals surface area (Å²) in [5.74, 6) is 0.879. The lowest BCUT2D eigenvalue weighted by molar-refractivity contribution is 0.297. The van der Waals surface area contributed by atoms with E-state index in [0.717, 1.165) is 33.8 Å². The predicted molar refractivity (Wildman–Crippen MR) is 88.6 cm³/mol. The standard InChI is InChI=1S/C19H13N3O/c1-2-8-14-13(6-1)7-5-10-17(14)22-19-15-9-3-4-11-18(15)23-12-16(19)20-21-22/h1-11H,12H2. The molecule has 0 radical (unpaired) electrons. The van der Waals surface area contributed by atoms with Gasteiger partial charge in [-0.1, -0.05) is 53.7 Å². The fraction of sp³-hybridized carbons (Fsp3) is 0.0526. The third kappa shape index (κ3) is 1.78. The summed E-state index contributed by atoms with van der Waals surface area (Å²) in [7, 11) is 0. The summed E-state index contributed by atoms with van der Waals surface area (Å²) in [6.45, 7) is 0.455. The van der Waals surface area contributed by atoms with Crippen LogP contribution in [-0.2, 0) is 6.61 Å². The highest BCUT2D eigenvalue weighted by molar-refractivity contribution is 5.91. The van der Waals surface area contributed by atoms with Crippen LogP contribution in [0.15, 0.2) is 66.7 Å². The number of benzene rings is 3. The number of fused-ring (bicyclic) bond motifs is 4. The first-order chi connectivity index (χ1) is 11.4. The molecule has 1 aliphatic rings. The second-order valence-corrected chi connectivity index (χ2v) is 5.58. The Bertz CT molecular complexity index is 1030. The molecule has 23 heavy (non-hydrogen) atoms. The van der Waals surface area contributed by atoms with Gasteiger partial charge in [0.1, 0.15) is 23.7 Å². The third-order valence-electron chi connectivity index (χ3n) is 4.24. The number of ether oxygens (including phenoxy) is 1. The second kappa shape index (κ2) is 4.68. The molecular weight excluding hydrogens is 286 g/mol. The van der Waals surface area contributed by atoms with E-state index in [9.17, 15) is 0 Å². The Morgan fingerprint density at radius 2 is 1.70 bits per heavy atom. The van der Waals surface area contributed by atoms with Gasteiger partial charge in [-0.3, -0.25) is 0 Å². The zero-order valence-electron chi connectivity index (χ0n) is 12.3. The van der Waals surface area contributed by atoms with Crippen molar-refractivity contribution in [2.75, 3.05) is 0 Å². The van der Waals surface area contributed by atoms with Crippen molar-refractivity contribution in [3.63, 3.8) is 0 Å². The highest BCUT2D eigenvalue weighted by Crippen LogP contribution is 2.38. The van der Waals surface area contributed by atoms with Gasteiger partial charge in [-0.25, -0.2) is 4.68 Å². The molecule has 0 saturated heterocycles. The van der Waals surface area contributed by atoms with Gasteiger partial charge in [0.05, 0.1) is 5.69 Å². The van der Waals surface area contributed by atoms with Crippen molar-refractivity contribution in [1.29, 1.82) is 0 Å². The van der Waals surface area contributed by atoms with Crippen LogP contribution in [0.3, 0.4) is 0 Å². The van der Waals surface area contributed by atoms with Crippen LogP contribution in [0, 0.1) is 0 Å². The van der Waals surface area contributed by atoms with Crippen molar-refractivity contribution in [2.45, 2.75) is 6.61 Å². The Balaban J connectivity index is 1.83. The minimum Gasteiger partial charge on any atom is -0.486 e. The maximum Gasteiger partial charge on any atom is 0.134 e. The zero-order chi connectivity index (χ0) is 15.2. The van der Waals surface area contributed by atoms with Crippen molar-refractivity contribution in [3.8, 4) is 22.7 Å². The summed E-state index contributed by atoms with van der Waals surface area (Å²) in [6, 6.07) is 22.6. The Morgan fingerprint density at radius 1 is 0.870 bits per heavy atom. The summed E-state index contributed by atoms with van der Waals surface area (Å²) in [6.07, 6.45) is 0. The molecule has 0 aliphatic carbocycles. The fourth-order valence-corrected chi connectivity index (χ4v) is 3.18. The van der Waals surface area contributed by atoms with E-state index >= 15 is 0 Å². The molecule has 4 aromatic rings. The van der Waals surface area contributed by atoms with Gasteiger partial charge in [-0.15, -0.1) is 5.10 Å². The van der Waals surface area contributed by atoms with E-state index in [1.807, 2.05) is 35.0 Å². The molecule has 0 amide bonds. The van der Waals surface area contributed by atoms with Crippen LogP contribution in [0.1, 0.15) is 5.69 Å². The molecule has 0 saturated carbocycles. The topological polar surface area (TPSA) is 39.9 Å². The van der Waals surface area contributed by atoms with E-state index in [4.69, 9.17) is 4.74 Å². The first-order valence-electron chi connectivity index (χ1n) is 7.57. The molecule has 110 valence electrons. The van der Waals surface area contributed by atoms with Crippen LogP contribution in [0.2, 0.25) is 0 Å². The van der Waals surface area contributed by atoms with Crippen LogP contribution in [0.5, 0.6) is 5.75 Å². The summed E-state index contributed by atoms with van der Waals surface area (Å²) < 4.78 is 7.70. The van der Waals surface area contributed by atoms with E-state index in [1.165, 1.54) is 5.39 Å². The molecule has 3 aromatic carbocycles. The zero-order valence-corrected chi connectivity index (χ0v) is 12.3. The molecule has 1 aliphatic heterocycles. The maximum absolute atomic E-state index is 5.77. The van der Waals surface area contributed by atoms with Crippen LogP contribution in [0.25, 0.3) is 27.7 Å². The Hall–Kier alpha value is -3.14. The lowest BCUT2D eigenvalue weighted by Crippen LogP contribution is -2.08. The van der Waals surface area contributed by atoms with Crippen LogP contribution in [-0.4, -0.2) is 15.0 Å². The van der Waals surface area contributed by atoms with Crippen molar-refractivity contribution in [2.24, 2.45) is 0 Å². The first-order valence-corrected chi connectivity index (χ1v) is 7.57. The molecule has 0 atom stereocenters. The smallest absolute Gasteiger partial charge is 0.134 e. The van der Waals surface area contributed by atoms with Gasteiger partial charge in [0.2, 0.25) is 0 Å². The van der Waals surface area contributed by atoms with Gasteiger partial charge in [0, 0.05) is 10.9 Å². The molecule has 0 N–H and O–H groups in total. The molecule has 1 aromatic heterocycles. The Kier molecular flexibility index (Phi) is 2.52. The molecule has 0 unspecified atom stereocenters. The van der Waals surface area contributed by atoms with Crippen LogP contribution in [0.4, 0.5) is 0 Å². The minimum atomic E-state index is 0.455. The molecule has 5 rings (SSSR count). The average molecular weight is 299 g/mol. The van der Waals surface area contributed by atoms with Crippen molar-refractivity contribution >= 4 is 10.8 Å². The molecule has 0 bridgehead atoms. The van der Waals surface area contributed by atoms with E-state index in [0.29, 0.717) is 6.61 Å². The van der Waals surface area contributed by atoms with Gasteiger partial charge in [0.15, 0.2) is 0 Å². The predicted octanol–water partition coefficient (Wildman–Crippen LogP) is 3.98. The van der Waals surface area contributed by atoms with Crippen molar-refractivity contribution in [1.82, 2.24) is 15.0 Å². The van der Waals surface area contributed by atoms with E-state index in [1.54, 1.807) is 0 Å². The van der Waals surface area contributed by atoms with Crippen molar-refractivity contribution < 1.29 is 4.74 Å². The molecule has 4 nitrogen and oxygen atoms in total. The average Bonchev–Trinajstić information content (AvgIpc) is 3.05. The van der Waals surface area contributed by atoms with E-state index < -0.39 is 0 Å². The number of hydrogen-bond acceptors (Lipinski definition) is 3. The van der Waals surface area contributed by atoms with Gasteiger partial charge < -0.3 is 4.74 Å². The molecule has 0 spiro atoms. The summed E-state index contributed by atoms with van der Waals surface area (Å²) in [5, 5.41) is 11.1. The highest BCUT2D eigenvalue weighted by atomic mass is 16.5. The minimum absolute atomic E-state index is 0.455. The second-order valence-electron chi connectivity index (χ2n) is 5.58. The normalized spacial score (nSPS) is 12.5. The van der Waals surface area contributed by atoms with Gasteiger partial charge >= 0.3 is 0 Å². The SMILES string of the molecule is c1ccc2c(c1)OCc1nnn(-c3cccc4ccccc34)c1-2. The molecule has 0 fully saturated rings. The van der Waals surface area contributed by atoms with Gasteiger partial charge in [-0.2, -0.15) is 0 Å². The van der Waals surface area contributed by atoms with E-state index in [2.05, 4.69) is 46.7 Å². The van der Waals surface area contributed by atoms with Gasteiger partial charge in [-0.05, 0) is 23.6 Å². The summed E-state index contributed by atoms with van der Waals surface area (Å²) in [5.41, 5.74) is 3.96. The van der Waals surface area contributed by atoms with E-state index in [-0.39, 0.29) is 0 Å². The number of aromatic nitrogens is 3. The largest absolute Gasteiger partial charge is 0.486 e. The third-order valence-corrected chi connectivity index (χ3v) is 4.24. The number of rotatable bonds is 1. The lowest BCUT2D eigenvalue weighted by atomic mass is 10.1. The summed E-state index contributed by atoms with van der Waals surface area (Å²) >= 11 is 0. The molecule has 4 heteroatoms. The van der Waals surface area contributed by atoms with Crippen LogP contribution < -0.4 is 4.74 Å². The van der Waals surface area contributed by atoms with Crippen LogP contribution >= 0.6 is 0 Å². The first kappa shape index (κ1) is 12.4. The fourth-order valence-electron chi connectivity index (χ4n) is 3.18. The number of nitrogens with zero attached hydrogens (tertiary/aromatic N) is 3. The summed E-state index contributed by atoms with van der Waals surface area (Å²) in [4.78, 5) is 0. The number of para-hydroxylation sites is 1. The Labute approximate surface area is 132 Å². The molecular formula is C19H13N3O. The monoisotopic (exact) mass is 299 g/mol.